The lowest BCUT2D eigenvalue weighted by Crippen LogP contribution is -2.19. The first-order valence-corrected chi connectivity index (χ1v) is 7.12. The zero-order valence-electron chi connectivity index (χ0n) is 12.3. The van der Waals surface area contributed by atoms with Crippen LogP contribution in [0.1, 0.15) is 20.3 Å². The third-order valence-electron chi connectivity index (χ3n) is 3.27. The molecule has 114 valence electrons. The summed E-state index contributed by atoms with van der Waals surface area (Å²) < 4.78 is 12.9. The molecule has 0 aliphatic carbocycles. The topological polar surface area (TPSA) is 66.5 Å². The van der Waals surface area contributed by atoms with Gasteiger partial charge in [0.05, 0.1) is 4.92 Å². The predicted octanol–water partition coefficient (Wildman–Crippen LogP) is 3.34. The second-order valence-corrected chi connectivity index (χ2v) is 4.61. The molecule has 0 aliphatic rings. The fourth-order valence-electron chi connectivity index (χ4n) is 2.41. The molecule has 0 N–H and O–H groups in total. The molecule has 2 aromatic rings. The Labute approximate surface area is 123 Å². The third kappa shape index (κ3) is 3.59. The molecule has 0 amide bonds. The van der Waals surface area contributed by atoms with Gasteiger partial charge in [-0.15, -0.1) is 0 Å². The lowest BCUT2D eigenvalue weighted by atomic mass is 10.2. The van der Waals surface area contributed by atoms with Gasteiger partial charge >= 0.3 is 0 Å². The van der Waals surface area contributed by atoms with Gasteiger partial charge in [-0.1, -0.05) is 12.1 Å². The van der Waals surface area contributed by atoms with Crippen molar-refractivity contribution >= 4 is 16.6 Å². The molecule has 0 fully saturated rings. The molecule has 2 rings (SSSR count). The van der Waals surface area contributed by atoms with E-state index in [0.29, 0.717) is 31.7 Å². The molecule has 21 heavy (non-hydrogen) atoms. The van der Waals surface area contributed by atoms with Gasteiger partial charge in [0.25, 0.3) is 5.69 Å². The van der Waals surface area contributed by atoms with Crippen molar-refractivity contribution in [3.05, 3.63) is 40.6 Å². The van der Waals surface area contributed by atoms with Crippen molar-refractivity contribution in [3.8, 4) is 0 Å². The maximum atomic E-state index is 11.2. The van der Waals surface area contributed by atoms with Crippen LogP contribution in [0.25, 0.3) is 10.9 Å². The maximum absolute atomic E-state index is 11.2. The van der Waals surface area contributed by atoms with Crippen LogP contribution in [0.15, 0.2) is 30.5 Å². The number of benzene rings is 1. The Morgan fingerprint density at radius 1 is 1.24 bits per heavy atom. The minimum absolute atomic E-state index is 0.127. The number of fused-ring (bicyclic) bond motifs is 1. The second kappa shape index (κ2) is 7.19. The number of hydrogen-bond acceptors (Lipinski definition) is 4. The molecule has 1 aromatic carbocycles. The number of nitrogens with zero attached hydrogens (tertiary/aromatic N) is 2. The van der Waals surface area contributed by atoms with E-state index in [1.165, 1.54) is 6.07 Å². The molecule has 0 atom stereocenters. The summed E-state index contributed by atoms with van der Waals surface area (Å²) in [4.78, 5) is 10.8. The van der Waals surface area contributed by atoms with Crippen LogP contribution >= 0.6 is 0 Å². The molecule has 1 heterocycles. The van der Waals surface area contributed by atoms with Gasteiger partial charge in [-0.05, 0) is 19.9 Å². The second-order valence-electron chi connectivity index (χ2n) is 4.61. The van der Waals surface area contributed by atoms with E-state index in [9.17, 15) is 10.1 Å². The van der Waals surface area contributed by atoms with Crippen LogP contribution in [-0.4, -0.2) is 29.0 Å². The SMILES string of the molecule is CCOC(CCn1ccc2cccc([N+](=O)[O-])c21)OCC. The minimum atomic E-state index is -0.346. The zero-order chi connectivity index (χ0) is 15.2. The number of non-ortho nitro benzene ring substituents is 1. The fraction of sp³-hybridized carbons (Fsp3) is 0.467. The van der Waals surface area contributed by atoms with Gasteiger partial charge in [0.15, 0.2) is 6.29 Å². The zero-order valence-corrected chi connectivity index (χ0v) is 12.3. The van der Waals surface area contributed by atoms with E-state index in [-0.39, 0.29) is 16.9 Å². The number of rotatable bonds is 8. The average molecular weight is 292 g/mol. The molecule has 6 heteroatoms. The van der Waals surface area contributed by atoms with Gasteiger partial charge in [-0.25, -0.2) is 0 Å². The summed E-state index contributed by atoms with van der Waals surface area (Å²) in [5.41, 5.74) is 0.774. The van der Waals surface area contributed by atoms with Gasteiger partial charge in [0.2, 0.25) is 0 Å². The van der Waals surface area contributed by atoms with E-state index < -0.39 is 0 Å². The van der Waals surface area contributed by atoms with Gasteiger partial charge in [0.1, 0.15) is 5.52 Å². The van der Waals surface area contributed by atoms with Gasteiger partial charge in [0, 0.05) is 43.8 Å². The first-order valence-electron chi connectivity index (χ1n) is 7.12. The molecule has 0 unspecified atom stereocenters. The van der Waals surface area contributed by atoms with Crippen LogP contribution in [0, 0.1) is 10.1 Å². The summed E-state index contributed by atoms with van der Waals surface area (Å²) in [5.74, 6) is 0. The Bertz CT molecular complexity index is 603. The predicted molar refractivity (Wildman–Crippen MR) is 80.2 cm³/mol. The van der Waals surface area contributed by atoms with Gasteiger partial charge in [-0.3, -0.25) is 10.1 Å². The van der Waals surface area contributed by atoms with Gasteiger partial charge in [-0.2, -0.15) is 0 Å². The number of aromatic nitrogens is 1. The number of aryl methyl sites for hydroxylation is 1. The molecule has 0 saturated heterocycles. The molecule has 0 aliphatic heterocycles. The largest absolute Gasteiger partial charge is 0.353 e. The van der Waals surface area contributed by atoms with Gasteiger partial charge < -0.3 is 14.0 Å². The van der Waals surface area contributed by atoms with Crippen molar-refractivity contribution < 1.29 is 14.4 Å². The summed E-state index contributed by atoms with van der Waals surface area (Å²) in [7, 11) is 0. The smallest absolute Gasteiger partial charge is 0.293 e. The summed E-state index contributed by atoms with van der Waals surface area (Å²) in [6, 6.07) is 7.00. The minimum Gasteiger partial charge on any atom is -0.353 e. The standard InChI is InChI=1S/C15H20N2O4/c1-3-20-14(21-4-2)9-11-16-10-8-12-6-5-7-13(15(12)16)17(18)19/h5-8,10,14H,3-4,9,11H2,1-2H3. The van der Waals surface area contributed by atoms with Crippen molar-refractivity contribution in [2.75, 3.05) is 13.2 Å². The van der Waals surface area contributed by atoms with E-state index >= 15 is 0 Å². The lowest BCUT2D eigenvalue weighted by Gasteiger charge is -2.17. The van der Waals surface area contributed by atoms with E-state index in [4.69, 9.17) is 9.47 Å². The highest BCUT2D eigenvalue weighted by Gasteiger charge is 2.16. The number of ether oxygens (including phenoxy) is 2. The Morgan fingerprint density at radius 2 is 1.95 bits per heavy atom. The summed E-state index contributed by atoms with van der Waals surface area (Å²) in [6.07, 6.45) is 2.24. The Kier molecular flexibility index (Phi) is 5.30. The first-order chi connectivity index (χ1) is 10.2. The van der Waals surface area contributed by atoms with Crippen molar-refractivity contribution in [1.29, 1.82) is 0 Å². The van der Waals surface area contributed by atoms with E-state index in [1.54, 1.807) is 6.07 Å². The normalized spacial score (nSPS) is 11.4. The van der Waals surface area contributed by atoms with Crippen molar-refractivity contribution in [1.82, 2.24) is 4.57 Å². The number of nitro groups is 1. The highest BCUT2D eigenvalue weighted by Crippen LogP contribution is 2.26. The number of para-hydroxylation sites is 1. The van der Waals surface area contributed by atoms with E-state index in [0.717, 1.165) is 5.39 Å². The van der Waals surface area contributed by atoms with Crippen LogP contribution in [0.4, 0.5) is 5.69 Å². The van der Waals surface area contributed by atoms with Crippen LogP contribution in [0.2, 0.25) is 0 Å². The van der Waals surface area contributed by atoms with Crippen LogP contribution < -0.4 is 0 Å². The summed E-state index contributed by atoms with van der Waals surface area (Å²) in [5, 5.41) is 12.0. The molecule has 6 nitrogen and oxygen atoms in total. The fourth-order valence-corrected chi connectivity index (χ4v) is 2.41. The highest BCUT2D eigenvalue weighted by molar-refractivity contribution is 5.88. The highest BCUT2D eigenvalue weighted by atomic mass is 16.7. The lowest BCUT2D eigenvalue weighted by molar-refractivity contribution is -0.383. The van der Waals surface area contributed by atoms with Crippen LogP contribution in [0.3, 0.4) is 0 Å². The molecular weight excluding hydrogens is 272 g/mol. The Hall–Kier alpha value is -1.92. The van der Waals surface area contributed by atoms with Crippen LogP contribution in [-0.2, 0) is 16.0 Å². The molecule has 0 radical (unpaired) electrons. The maximum Gasteiger partial charge on any atom is 0.293 e. The molecular formula is C15H20N2O4. The monoisotopic (exact) mass is 292 g/mol. The quantitative estimate of drug-likeness (QED) is 0.425. The Balaban J connectivity index is 2.20. The molecule has 0 bridgehead atoms. The van der Waals surface area contributed by atoms with Crippen molar-refractivity contribution in [2.24, 2.45) is 0 Å². The van der Waals surface area contributed by atoms with Crippen molar-refractivity contribution in [3.63, 3.8) is 0 Å². The molecule has 0 saturated carbocycles. The van der Waals surface area contributed by atoms with E-state index in [2.05, 4.69) is 0 Å². The summed E-state index contributed by atoms with van der Waals surface area (Å²) in [6.45, 7) is 5.61. The molecule has 1 aromatic heterocycles. The average Bonchev–Trinajstić information content (AvgIpc) is 2.88. The Morgan fingerprint density at radius 3 is 2.57 bits per heavy atom. The summed E-state index contributed by atoms with van der Waals surface area (Å²) >= 11 is 0. The van der Waals surface area contributed by atoms with Crippen LogP contribution in [0.5, 0.6) is 0 Å². The van der Waals surface area contributed by atoms with Crippen molar-refractivity contribution in [2.45, 2.75) is 33.1 Å². The first kappa shape index (κ1) is 15.5. The molecule has 0 spiro atoms. The third-order valence-corrected chi connectivity index (χ3v) is 3.27. The number of nitro benzene ring substituents is 1. The van der Waals surface area contributed by atoms with E-state index in [1.807, 2.05) is 36.7 Å². The number of hydrogen-bond donors (Lipinski definition) is 0.